The topological polar surface area (TPSA) is 60.2 Å². The zero-order valence-electron chi connectivity index (χ0n) is 8.68. The molecule has 2 atom stereocenters. The number of hydrogen-bond donors (Lipinski definition) is 1. The third-order valence-corrected chi connectivity index (χ3v) is 4.09. The molecule has 82 valence electrons. The van der Waals surface area contributed by atoms with E-state index in [1.807, 2.05) is 12.1 Å². The molecule has 0 aromatic heterocycles. The molecule has 4 heteroatoms. The lowest BCUT2D eigenvalue weighted by Gasteiger charge is -2.01. The van der Waals surface area contributed by atoms with E-state index in [0.29, 0.717) is 16.7 Å². The van der Waals surface area contributed by atoms with Gasteiger partial charge in [0, 0.05) is 6.26 Å². The first-order chi connectivity index (χ1) is 7.02. The summed E-state index contributed by atoms with van der Waals surface area (Å²) in [6.07, 6.45) is 2.36. The molecule has 0 bridgehead atoms. The van der Waals surface area contributed by atoms with Crippen LogP contribution in [0.25, 0.3) is 0 Å². The maximum atomic E-state index is 11.2. The Hall–Kier alpha value is -0.870. The molecule has 0 radical (unpaired) electrons. The van der Waals surface area contributed by atoms with Gasteiger partial charge >= 0.3 is 0 Å². The number of sulfone groups is 1. The van der Waals surface area contributed by atoms with Crippen molar-refractivity contribution in [2.45, 2.75) is 17.2 Å². The SMILES string of the molecule is CS(=O)(=O)c1ccc(C2CC2CN)cc1. The van der Waals surface area contributed by atoms with Crippen molar-refractivity contribution in [2.75, 3.05) is 12.8 Å². The molecule has 2 unspecified atom stereocenters. The molecule has 0 spiro atoms. The molecule has 1 fully saturated rings. The fourth-order valence-corrected chi connectivity index (χ4v) is 2.51. The summed E-state index contributed by atoms with van der Waals surface area (Å²) in [6, 6.07) is 7.15. The van der Waals surface area contributed by atoms with E-state index in [2.05, 4.69) is 0 Å². The predicted molar refractivity (Wildman–Crippen MR) is 59.5 cm³/mol. The van der Waals surface area contributed by atoms with Crippen LogP contribution in [-0.4, -0.2) is 21.2 Å². The molecule has 1 aromatic rings. The third-order valence-electron chi connectivity index (χ3n) is 2.96. The first-order valence-corrected chi connectivity index (χ1v) is 6.91. The van der Waals surface area contributed by atoms with Crippen LogP contribution in [0.1, 0.15) is 17.9 Å². The van der Waals surface area contributed by atoms with Gasteiger partial charge in [0.25, 0.3) is 0 Å². The molecule has 0 aliphatic heterocycles. The van der Waals surface area contributed by atoms with Crippen LogP contribution < -0.4 is 5.73 Å². The average molecular weight is 225 g/mol. The number of nitrogens with two attached hydrogens (primary N) is 1. The molecule has 1 aliphatic rings. The van der Waals surface area contributed by atoms with Crippen molar-refractivity contribution >= 4 is 9.84 Å². The molecule has 0 saturated heterocycles. The first-order valence-electron chi connectivity index (χ1n) is 5.02. The minimum atomic E-state index is -3.07. The third kappa shape index (κ3) is 2.21. The second-order valence-electron chi connectivity index (χ2n) is 4.18. The Labute approximate surface area is 90.2 Å². The van der Waals surface area contributed by atoms with Crippen molar-refractivity contribution in [3.05, 3.63) is 29.8 Å². The van der Waals surface area contributed by atoms with Gasteiger partial charge in [0.2, 0.25) is 0 Å². The lowest BCUT2D eigenvalue weighted by molar-refractivity contribution is 0.602. The van der Waals surface area contributed by atoms with Crippen LogP contribution in [0.15, 0.2) is 29.2 Å². The Bertz CT molecular complexity index is 450. The second-order valence-corrected chi connectivity index (χ2v) is 6.19. The molecule has 2 N–H and O–H groups in total. The van der Waals surface area contributed by atoms with Crippen LogP contribution in [0.2, 0.25) is 0 Å². The van der Waals surface area contributed by atoms with E-state index in [0.717, 1.165) is 13.0 Å². The summed E-state index contributed by atoms with van der Waals surface area (Å²) in [4.78, 5) is 0.385. The zero-order valence-corrected chi connectivity index (χ0v) is 9.50. The van der Waals surface area contributed by atoms with Crippen molar-refractivity contribution in [1.29, 1.82) is 0 Å². The Morgan fingerprint density at radius 3 is 2.33 bits per heavy atom. The molecule has 1 aromatic carbocycles. The van der Waals surface area contributed by atoms with Gasteiger partial charge in [-0.15, -0.1) is 0 Å². The Balaban J connectivity index is 2.19. The molecule has 1 aliphatic carbocycles. The lowest BCUT2D eigenvalue weighted by Crippen LogP contribution is -2.02. The first kappa shape index (κ1) is 10.6. The van der Waals surface area contributed by atoms with E-state index in [-0.39, 0.29) is 0 Å². The monoisotopic (exact) mass is 225 g/mol. The van der Waals surface area contributed by atoms with Gasteiger partial charge in [-0.25, -0.2) is 8.42 Å². The van der Waals surface area contributed by atoms with Gasteiger partial charge in [0.05, 0.1) is 4.90 Å². The van der Waals surface area contributed by atoms with Gasteiger partial charge in [-0.2, -0.15) is 0 Å². The van der Waals surface area contributed by atoms with Crippen molar-refractivity contribution in [3.63, 3.8) is 0 Å². The van der Waals surface area contributed by atoms with E-state index < -0.39 is 9.84 Å². The van der Waals surface area contributed by atoms with Crippen LogP contribution >= 0.6 is 0 Å². The summed E-state index contributed by atoms with van der Waals surface area (Å²) in [6.45, 7) is 0.721. The van der Waals surface area contributed by atoms with Crippen molar-refractivity contribution in [2.24, 2.45) is 11.7 Å². The molecular weight excluding hydrogens is 210 g/mol. The van der Waals surface area contributed by atoms with Gasteiger partial charge in [0.1, 0.15) is 0 Å². The number of rotatable bonds is 3. The molecule has 0 amide bonds. The summed E-state index contributed by atoms with van der Waals surface area (Å²) < 4.78 is 22.5. The second kappa shape index (κ2) is 3.61. The Morgan fingerprint density at radius 1 is 1.33 bits per heavy atom. The summed E-state index contributed by atoms with van der Waals surface area (Å²) in [7, 11) is -3.07. The van der Waals surface area contributed by atoms with Crippen LogP contribution in [0.5, 0.6) is 0 Å². The molecule has 0 heterocycles. The van der Waals surface area contributed by atoms with E-state index in [9.17, 15) is 8.42 Å². The van der Waals surface area contributed by atoms with Crippen LogP contribution in [0, 0.1) is 5.92 Å². The van der Waals surface area contributed by atoms with E-state index in [4.69, 9.17) is 5.73 Å². The highest BCUT2D eigenvalue weighted by atomic mass is 32.2. The smallest absolute Gasteiger partial charge is 0.175 e. The van der Waals surface area contributed by atoms with E-state index in [1.54, 1.807) is 12.1 Å². The summed E-state index contributed by atoms with van der Waals surface area (Å²) in [5.74, 6) is 1.14. The fraction of sp³-hybridized carbons (Fsp3) is 0.455. The van der Waals surface area contributed by atoms with Crippen LogP contribution in [-0.2, 0) is 9.84 Å². The predicted octanol–water partition coefficient (Wildman–Crippen LogP) is 1.15. The molecular formula is C11H15NO2S. The molecule has 3 nitrogen and oxygen atoms in total. The van der Waals surface area contributed by atoms with Gasteiger partial charge in [0.15, 0.2) is 9.84 Å². The fourth-order valence-electron chi connectivity index (χ4n) is 1.88. The van der Waals surface area contributed by atoms with Gasteiger partial charge in [-0.3, -0.25) is 0 Å². The largest absolute Gasteiger partial charge is 0.330 e. The number of benzene rings is 1. The van der Waals surface area contributed by atoms with Crippen molar-refractivity contribution < 1.29 is 8.42 Å². The minimum absolute atomic E-state index is 0.385. The Kier molecular flexibility index (Phi) is 2.56. The normalized spacial score (nSPS) is 25.2. The van der Waals surface area contributed by atoms with Crippen molar-refractivity contribution in [3.8, 4) is 0 Å². The highest BCUT2D eigenvalue weighted by molar-refractivity contribution is 7.90. The van der Waals surface area contributed by atoms with Crippen LogP contribution in [0.3, 0.4) is 0 Å². The van der Waals surface area contributed by atoms with E-state index >= 15 is 0 Å². The van der Waals surface area contributed by atoms with Gasteiger partial charge in [-0.1, -0.05) is 12.1 Å². The van der Waals surface area contributed by atoms with Crippen LogP contribution in [0.4, 0.5) is 0 Å². The van der Waals surface area contributed by atoms with Crippen molar-refractivity contribution in [1.82, 2.24) is 0 Å². The lowest BCUT2D eigenvalue weighted by atomic mass is 10.1. The van der Waals surface area contributed by atoms with E-state index in [1.165, 1.54) is 11.8 Å². The van der Waals surface area contributed by atoms with Gasteiger partial charge in [-0.05, 0) is 42.5 Å². The molecule has 1 saturated carbocycles. The highest BCUT2D eigenvalue weighted by Gasteiger charge is 2.36. The maximum Gasteiger partial charge on any atom is 0.175 e. The molecule has 15 heavy (non-hydrogen) atoms. The molecule has 2 rings (SSSR count). The standard InChI is InChI=1S/C11H15NO2S/c1-15(13,14)10-4-2-8(3-5-10)11-6-9(11)7-12/h2-5,9,11H,6-7,12H2,1H3. The van der Waals surface area contributed by atoms with Gasteiger partial charge < -0.3 is 5.73 Å². The zero-order chi connectivity index (χ0) is 11.1. The summed E-state index contributed by atoms with van der Waals surface area (Å²) >= 11 is 0. The summed E-state index contributed by atoms with van der Waals surface area (Å²) in [5, 5.41) is 0. The average Bonchev–Trinajstić information content (AvgIpc) is 2.95. The Morgan fingerprint density at radius 2 is 1.93 bits per heavy atom. The summed E-state index contributed by atoms with van der Waals surface area (Å²) in [5.41, 5.74) is 6.77. The number of hydrogen-bond acceptors (Lipinski definition) is 3. The maximum absolute atomic E-state index is 11.2. The minimum Gasteiger partial charge on any atom is -0.330 e. The highest BCUT2D eigenvalue weighted by Crippen LogP contribution is 2.46. The quantitative estimate of drug-likeness (QED) is 0.839.